The van der Waals surface area contributed by atoms with Gasteiger partial charge in [-0.05, 0) is 55.2 Å². The third-order valence-corrected chi connectivity index (χ3v) is 6.83. The van der Waals surface area contributed by atoms with E-state index < -0.39 is 0 Å². The van der Waals surface area contributed by atoms with Gasteiger partial charge in [0.05, 0.1) is 10.9 Å². The number of hydrogen-bond donors (Lipinski definition) is 0. The van der Waals surface area contributed by atoms with Crippen LogP contribution in [0.15, 0.2) is 56.9 Å². The largest absolute Gasteiger partial charge is 0.339 e. The van der Waals surface area contributed by atoms with E-state index in [0.717, 1.165) is 53.1 Å². The van der Waals surface area contributed by atoms with Crippen LogP contribution in [-0.4, -0.2) is 33.4 Å². The Morgan fingerprint density at radius 2 is 1.87 bits per heavy atom. The van der Waals surface area contributed by atoms with E-state index in [1.807, 2.05) is 47.4 Å². The van der Waals surface area contributed by atoms with Crippen LogP contribution in [0.3, 0.4) is 0 Å². The van der Waals surface area contributed by atoms with E-state index in [9.17, 15) is 9.59 Å². The van der Waals surface area contributed by atoms with Crippen molar-refractivity contribution in [3.05, 3.63) is 68.4 Å². The summed E-state index contributed by atoms with van der Waals surface area (Å²) in [5.74, 6) is 0.807. The van der Waals surface area contributed by atoms with Crippen molar-refractivity contribution < 1.29 is 4.79 Å². The molecule has 0 spiro atoms. The van der Waals surface area contributed by atoms with Crippen LogP contribution < -0.4 is 5.56 Å². The van der Waals surface area contributed by atoms with Gasteiger partial charge in [0.15, 0.2) is 5.16 Å². The summed E-state index contributed by atoms with van der Waals surface area (Å²) in [5, 5.41) is 1.36. The smallest absolute Gasteiger partial charge is 0.262 e. The lowest BCUT2D eigenvalue weighted by Crippen LogP contribution is -2.27. The second kappa shape index (κ2) is 9.35. The number of nitrogens with zero attached hydrogens (tertiary/aromatic N) is 3. The minimum Gasteiger partial charge on any atom is -0.339 e. The van der Waals surface area contributed by atoms with Crippen molar-refractivity contribution in [3.8, 4) is 0 Å². The van der Waals surface area contributed by atoms with Gasteiger partial charge in [0.25, 0.3) is 11.5 Å². The maximum atomic E-state index is 13.0. The van der Waals surface area contributed by atoms with Gasteiger partial charge in [0, 0.05) is 35.4 Å². The van der Waals surface area contributed by atoms with Crippen molar-refractivity contribution in [1.29, 1.82) is 0 Å². The SMILES string of the molecule is CCCn1c(SCc2ccc(C(=O)N3CCCC3)cc2)nc2ccc(Br)cc2c1=O. The van der Waals surface area contributed by atoms with Crippen LogP contribution >= 0.6 is 27.7 Å². The lowest BCUT2D eigenvalue weighted by Gasteiger charge is -2.15. The molecule has 1 saturated heterocycles. The molecule has 30 heavy (non-hydrogen) atoms. The lowest BCUT2D eigenvalue weighted by atomic mass is 10.1. The second-order valence-corrected chi connectivity index (χ2v) is 9.36. The van der Waals surface area contributed by atoms with Gasteiger partial charge >= 0.3 is 0 Å². The molecule has 0 bridgehead atoms. The fraction of sp³-hybridized carbons (Fsp3) is 0.348. The first-order valence-electron chi connectivity index (χ1n) is 10.3. The van der Waals surface area contributed by atoms with E-state index in [0.29, 0.717) is 23.2 Å². The summed E-state index contributed by atoms with van der Waals surface area (Å²) in [7, 11) is 0. The Kier molecular flexibility index (Phi) is 6.58. The number of rotatable bonds is 6. The van der Waals surface area contributed by atoms with E-state index in [1.165, 1.54) is 0 Å². The number of halogens is 1. The highest BCUT2D eigenvalue weighted by Crippen LogP contribution is 2.24. The highest BCUT2D eigenvalue weighted by atomic mass is 79.9. The third-order valence-electron chi connectivity index (χ3n) is 5.29. The van der Waals surface area contributed by atoms with Gasteiger partial charge < -0.3 is 4.90 Å². The molecule has 0 atom stereocenters. The molecule has 1 fully saturated rings. The number of thioether (sulfide) groups is 1. The first-order chi connectivity index (χ1) is 14.6. The second-order valence-electron chi connectivity index (χ2n) is 7.50. The highest BCUT2D eigenvalue weighted by molar-refractivity contribution is 9.10. The maximum absolute atomic E-state index is 13.0. The van der Waals surface area contributed by atoms with E-state index in [1.54, 1.807) is 16.3 Å². The summed E-state index contributed by atoms with van der Waals surface area (Å²) >= 11 is 5.00. The van der Waals surface area contributed by atoms with Crippen LogP contribution in [0.4, 0.5) is 0 Å². The Morgan fingerprint density at radius 1 is 1.13 bits per heavy atom. The molecule has 2 heterocycles. The predicted molar refractivity (Wildman–Crippen MR) is 125 cm³/mol. The zero-order chi connectivity index (χ0) is 21.1. The van der Waals surface area contributed by atoms with Crippen LogP contribution in [-0.2, 0) is 12.3 Å². The Hall–Kier alpha value is -2.12. The topological polar surface area (TPSA) is 55.2 Å². The molecule has 0 N–H and O–H groups in total. The fourth-order valence-corrected chi connectivity index (χ4v) is 5.04. The molecule has 2 aromatic carbocycles. The molecule has 156 valence electrons. The molecule has 0 unspecified atom stereocenters. The van der Waals surface area contributed by atoms with Crippen LogP contribution in [0.25, 0.3) is 10.9 Å². The molecule has 7 heteroatoms. The minimum absolute atomic E-state index is 0.00259. The van der Waals surface area contributed by atoms with Crippen LogP contribution in [0.1, 0.15) is 42.1 Å². The molecule has 0 aliphatic carbocycles. The van der Waals surface area contributed by atoms with Gasteiger partial charge in [-0.1, -0.05) is 46.7 Å². The molecular formula is C23H24BrN3O2S. The van der Waals surface area contributed by atoms with Gasteiger partial charge in [0.1, 0.15) is 0 Å². The Morgan fingerprint density at radius 3 is 2.57 bits per heavy atom. The Balaban J connectivity index is 1.54. The number of benzene rings is 2. The molecule has 0 saturated carbocycles. The molecule has 5 nitrogen and oxygen atoms in total. The summed E-state index contributed by atoms with van der Waals surface area (Å²) in [4.78, 5) is 32.2. The van der Waals surface area contributed by atoms with Crippen molar-refractivity contribution in [2.24, 2.45) is 0 Å². The first-order valence-corrected chi connectivity index (χ1v) is 12.1. The molecule has 1 aliphatic heterocycles. The van der Waals surface area contributed by atoms with Crippen LogP contribution in [0.5, 0.6) is 0 Å². The molecule has 1 aromatic heterocycles. The van der Waals surface area contributed by atoms with E-state index in [4.69, 9.17) is 4.98 Å². The highest BCUT2D eigenvalue weighted by Gasteiger charge is 2.19. The average Bonchev–Trinajstić information content (AvgIpc) is 3.30. The summed E-state index contributed by atoms with van der Waals surface area (Å²) in [6.07, 6.45) is 3.05. The number of fused-ring (bicyclic) bond motifs is 1. The van der Waals surface area contributed by atoms with Gasteiger partial charge in [-0.25, -0.2) is 4.98 Å². The van der Waals surface area contributed by atoms with Crippen molar-refractivity contribution in [1.82, 2.24) is 14.5 Å². The summed E-state index contributed by atoms with van der Waals surface area (Å²) < 4.78 is 2.64. The zero-order valence-electron chi connectivity index (χ0n) is 16.9. The van der Waals surface area contributed by atoms with Crippen molar-refractivity contribution in [3.63, 3.8) is 0 Å². The van der Waals surface area contributed by atoms with Crippen LogP contribution in [0, 0.1) is 0 Å². The van der Waals surface area contributed by atoms with E-state index >= 15 is 0 Å². The maximum Gasteiger partial charge on any atom is 0.262 e. The van der Waals surface area contributed by atoms with Gasteiger partial charge in [0.2, 0.25) is 0 Å². The summed E-state index contributed by atoms with van der Waals surface area (Å²) in [6, 6.07) is 13.4. The fourth-order valence-electron chi connectivity index (χ4n) is 3.70. The molecular weight excluding hydrogens is 462 g/mol. The van der Waals surface area contributed by atoms with Gasteiger partial charge in [-0.3, -0.25) is 14.2 Å². The quantitative estimate of drug-likeness (QED) is 0.360. The van der Waals surface area contributed by atoms with Crippen molar-refractivity contribution in [2.45, 2.75) is 43.6 Å². The molecule has 1 aliphatic rings. The molecule has 3 aromatic rings. The van der Waals surface area contributed by atoms with Crippen molar-refractivity contribution >= 4 is 44.5 Å². The zero-order valence-corrected chi connectivity index (χ0v) is 19.3. The number of likely N-dealkylation sites (tertiary alicyclic amines) is 1. The van der Waals surface area contributed by atoms with E-state index in [2.05, 4.69) is 22.9 Å². The lowest BCUT2D eigenvalue weighted by molar-refractivity contribution is 0.0793. The van der Waals surface area contributed by atoms with Crippen LogP contribution in [0.2, 0.25) is 0 Å². The average molecular weight is 486 g/mol. The van der Waals surface area contributed by atoms with Crippen molar-refractivity contribution in [2.75, 3.05) is 13.1 Å². The molecule has 1 amide bonds. The number of carbonyl (C=O) groups is 1. The summed E-state index contributed by atoms with van der Waals surface area (Å²) in [5.41, 5.74) is 2.55. The predicted octanol–water partition coefficient (Wildman–Crippen LogP) is 5.10. The normalized spacial score (nSPS) is 13.9. The molecule has 0 radical (unpaired) electrons. The first kappa shape index (κ1) is 21.1. The number of carbonyl (C=O) groups excluding carboxylic acids is 1. The third kappa shape index (κ3) is 4.47. The number of aromatic nitrogens is 2. The summed E-state index contributed by atoms with van der Waals surface area (Å²) in [6.45, 7) is 4.41. The van der Waals surface area contributed by atoms with E-state index in [-0.39, 0.29) is 11.5 Å². The Bertz CT molecular complexity index is 1120. The van der Waals surface area contributed by atoms with Gasteiger partial charge in [-0.15, -0.1) is 0 Å². The Labute approximate surface area is 188 Å². The van der Waals surface area contributed by atoms with Gasteiger partial charge in [-0.2, -0.15) is 0 Å². The molecule has 4 rings (SSSR count). The monoisotopic (exact) mass is 485 g/mol. The number of amides is 1. The standard InChI is InChI=1S/C23H24BrN3O2S/c1-2-11-27-22(29)19-14-18(24)9-10-20(19)25-23(27)30-15-16-5-7-17(8-6-16)21(28)26-12-3-4-13-26/h5-10,14H,2-4,11-13,15H2,1H3. The minimum atomic E-state index is -0.00259. The number of hydrogen-bond acceptors (Lipinski definition) is 4.